The molecule has 0 aliphatic carbocycles. The molecule has 5 rings (SSSR count). The monoisotopic (exact) mass is 482 g/mol. The number of rotatable bonds is 4. The molecule has 4 aromatic rings. The van der Waals surface area contributed by atoms with Gasteiger partial charge in [0.2, 0.25) is 0 Å². The van der Waals surface area contributed by atoms with Crippen LogP contribution in [0.4, 0.5) is 10.1 Å². The van der Waals surface area contributed by atoms with Crippen LogP contribution in [0.5, 0.6) is 5.75 Å². The van der Waals surface area contributed by atoms with Gasteiger partial charge in [0.05, 0.1) is 24.3 Å². The average Bonchev–Trinajstić information content (AvgIpc) is 2.85. The minimum absolute atomic E-state index is 0.218. The summed E-state index contributed by atoms with van der Waals surface area (Å²) in [6.45, 7) is 16.8. The van der Waals surface area contributed by atoms with Crippen LogP contribution in [0.2, 0.25) is 0 Å². The Morgan fingerprint density at radius 1 is 1.19 bits per heavy atom. The molecule has 6 heteroatoms. The molecule has 0 amide bonds. The smallest absolute Gasteiger partial charge is 0.187 e. The second-order valence-corrected chi connectivity index (χ2v) is 10.2. The highest BCUT2D eigenvalue weighted by molar-refractivity contribution is 6.09. The van der Waals surface area contributed by atoms with E-state index in [2.05, 4.69) is 4.85 Å². The molecule has 1 atom stereocenters. The van der Waals surface area contributed by atoms with Crippen molar-refractivity contribution in [1.82, 2.24) is 4.98 Å². The van der Waals surface area contributed by atoms with Gasteiger partial charge in [0.1, 0.15) is 17.7 Å². The first-order valence-electron chi connectivity index (χ1n) is 12.0. The molecule has 2 heterocycles. The maximum absolute atomic E-state index is 15.9. The fraction of sp³-hybridized carbons (Fsp3) is 0.300. The standard InChI is InChI=1S/C30H27FN2O3/c1-16-24(29(17(2)34)36-30(3,4)5)26(20-8-7-19(32-6)15-22(20)27(16)31)21-9-10-23-25-18(12-14-35-23)11-13-33-28(21)25/h7-11,13,15,29H,12,14H2,1-5H3. The summed E-state index contributed by atoms with van der Waals surface area (Å²) in [4.78, 5) is 21.2. The molecule has 0 saturated heterocycles. The molecule has 0 saturated carbocycles. The van der Waals surface area contributed by atoms with Crippen molar-refractivity contribution in [3.63, 3.8) is 0 Å². The molecule has 0 spiro atoms. The maximum Gasteiger partial charge on any atom is 0.187 e. The molecule has 0 bridgehead atoms. The number of fused-ring (bicyclic) bond motifs is 1. The van der Waals surface area contributed by atoms with Crippen molar-refractivity contribution in [1.29, 1.82) is 0 Å². The first-order chi connectivity index (χ1) is 17.1. The van der Waals surface area contributed by atoms with E-state index in [4.69, 9.17) is 21.0 Å². The van der Waals surface area contributed by atoms with Gasteiger partial charge in [0, 0.05) is 34.5 Å². The summed E-state index contributed by atoms with van der Waals surface area (Å²) >= 11 is 0. The molecule has 1 aliphatic rings. The summed E-state index contributed by atoms with van der Waals surface area (Å²) in [5, 5.41) is 1.86. The number of ketones is 1. The minimum Gasteiger partial charge on any atom is -0.493 e. The van der Waals surface area contributed by atoms with Crippen LogP contribution in [0.3, 0.4) is 0 Å². The van der Waals surface area contributed by atoms with E-state index < -0.39 is 17.5 Å². The summed E-state index contributed by atoms with van der Waals surface area (Å²) in [5.41, 5.74) is 3.82. The highest BCUT2D eigenvalue weighted by Gasteiger charge is 2.32. The van der Waals surface area contributed by atoms with Crippen LogP contribution in [0.1, 0.15) is 50.5 Å². The molecule has 36 heavy (non-hydrogen) atoms. The summed E-state index contributed by atoms with van der Waals surface area (Å²) in [6, 6.07) is 10.8. The number of nitrogens with zero attached hydrogens (tertiary/aromatic N) is 2. The molecule has 1 aromatic heterocycles. The zero-order chi connectivity index (χ0) is 25.8. The molecule has 0 N–H and O–H groups in total. The van der Waals surface area contributed by atoms with Crippen molar-refractivity contribution < 1.29 is 18.7 Å². The molecule has 1 aliphatic heterocycles. The van der Waals surface area contributed by atoms with E-state index in [0.29, 0.717) is 39.8 Å². The fourth-order valence-electron chi connectivity index (χ4n) is 5.07. The van der Waals surface area contributed by atoms with E-state index >= 15 is 4.39 Å². The Kier molecular flexibility index (Phi) is 5.77. The summed E-state index contributed by atoms with van der Waals surface area (Å²) in [7, 11) is 0. The van der Waals surface area contributed by atoms with Gasteiger partial charge < -0.3 is 9.47 Å². The van der Waals surface area contributed by atoms with Crippen molar-refractivity contribution in [3.05, 3.63) is 76.5 Å². The third-order valence-corrected chi connectivity index (χ3v) is 6.58. The Morgan fingerprint density at radius 3 is 2.67 bits per heavy atom. The molecule has 0 fully saturated rings. The van der Waals surface area contributed by atoms with Crippen molar-refractivity contribution in [2.45, 2.75) is 52.7 Å². The Balaban J connectivity index is 1.96. The van der Waals surface area contributed by atoms with Gasteiger partial charge in [-0.15, -0.1) is 0 Å². The van der Waals surface area contributed by atoms with Crippen LogP contribution in [0.25, 0.3) is 37.6 Å². The number of ether oxygens (including phenoxy) is 2. The third kappa shape index (κ3) is 3.90. The van der Waals surface area contributed by atoms with E-state index in [9.17, 15) is 4.79 Å². The summed E-state index contributed by atoms with van der Waals surface area (Å²) < 4.78 is 28.1. The second-order valence-electron chi connectivity index (χ2n) is 10.2. The maximum atomic E-state index is 15.9. The van der Waals surface area contributed by atoms with Crippen LogP contribution in [0, 0.1) is 19.3 Å². The molecule has 3 aromatic carbocycles. The molecular weight excluding hydrogens is 455 g/mol. The lowest BCUT2D eigenvalue weighted by Crippen LogP contribution is -2.27. The fourth-order valence-corrected chi connectivity index (χ4v) is 5.07. The third-order valence-electron chi connectivity index (χ3n) is 6.58. The van der Waals surface area contributed by atoms with Gasteiger partial charge in [-0.3, -0.25) is 9.78 Å². The zero-order valence-electron chi connectivity index (χ0n) is 21.0. The largest absolute Gasteiger partial charge is 0.493 e. The number of hydrogen-bond acceptors (Lipinski definition) is 4. The van der Waals surface area contributed by atoms with Crippen LogP contribution in [0.15, 0.2) is 42.6 Å². The second kappa shape index (κ2) is 8.69. The number of carbonyl (C=O) groups excluding carboxylic acids is 1. The van der Waals surface area contributed by atoms with Gasteiger partial charge in [-0.1, -0.05) is 12.1 Å². The molecular formula is C30H27FN2O3. The van der Waals surface area contributed by atoms with Crippen LogP contribution >= 0.6 is 0 Å². The lowest BCUT2D eigenvalue weighted by atomic mass is 9.84. The van der Waals surface area contributed by atoms with Crippen LogP contribution < -0.4 is 4.74 Å². The number of halogens is 1. The van der Waals surface area contributed by atoms with Gasteiger partial charge in [0.25, 0.3) is 0 Å². The van der Waals surface area contributed by atoms with Crippen molar-refractivity contribution in [2.24, 2.45) is 0 Å². The lowest BCUT2D eigenvalue weighted by Gasteiger charge is -2.30. The van der Waals surface area contributed by atoms with Gasteiger partial charge >= 0.3 is 0 Å². The first kappa shape index (κ1) is 23.9. The number of carbonyl (C=O) groups is 1. The van der Waals surface area contributed by atoms with Gasteiger partial charge in [-0.2, -0.15) is 0 Å². The van der Waals surface area contributed by atoms with E-state index in [0.717, 1.165) is 34.2 Å². The highest BCUT2D eigenvalue weighted by Crippen LogP contribution is 2.46. The van der Waals surface area contributed by atoms with Crippen LogP contribution in [-0.2, 0) is 16.0 Å². The topological polar surface area (TPSA) is 52.8 Å². The molecule has 1 unspecified atom stereocenters. The van der Waals surface area contributed by atoms with Gasteiger partial charge in [-0.25, -0.2) is 9.24 Å². The average molecular weight is 483 g/mol. The van der Waals surface area contributed by atoms with Gasteiger partial charge in [0.15, 0.2) is 11.5 Å². The normalized spacial score (nSPS) is 13.9. The van der Waals surface area contributed by atoms with Crippen molar-refractivity contribution >= 4 is 33.1 Å². The van der Waals surface area contributed by atoms with E-state index in [1.807, 2.05) is 39.0 Å². The highest BCUT2D eigenvalue weighted by atomic mass is 19.1. The summed E-state index contributed by atoms with van der Waals surface area (Å²) in [5.74, 6) is 0.0824. The van der Waals surface area contributed by atoms with Crippen molar-refractivity contribution in [2.75, 3.05) is 6.61 Å². The predicted octanol–water partition coefficient (Wildman–Crippen LogP) is 7.43. The molecule has 0 radical (unpaired) electrons. The Morgan fingerprint density at radius 2 is 1.97 bits per heavy atom. The predicted molar refractivity (Wildman–Crippen MR) is 139 cm³/mol. The number of hydrogen-bond donors (Lipinski definition) is 0. The lowest BCUT2D eigenvalue weighted by molar-refractivity contribution is -0.138. The van der Waals surface area contributed by atoms with Gasteiger partial charge in [-0.05, 0) is 81.0 Å². The number of Topliss-reactive ketones (excluding diaryl/α,β-unsaturated/α-hetero) is 1. The van der Waals surface area contributed by atoms with E-state index in [-0.39, 0.29) is 5.78 Å². The Bertz CT molecular complexity index is 1580. The van der Waals surface area contributed by atoms with Crippen molar-refractivity contribution in [3.8, 4) is 16.9 Å². The number of aromatic nitrogens is 1. The number of pyridine rings is 1. The number of benzene rings is 3. The summed E-state index contributed by atoms with van der Waals surface area (Å²) in [6.07, 6.45) is 1.56. The minimum atomic E-state index is -0.985. The molecule has 5 nitrogen and oxygen atoms in total. The Hall–Kier alpha value is -3.82. The van der Waals surface area contributed by atoms with E-state index in [1.165, 1.54) is 6.92 Å². The Labute approximate surface area is 209 Å². The van der Waals surface area contributed by atoms with E-state index in [1.54, 1.807) is 31.3 Å². The molecule has 182 valence electrons. The SMILES string of the molecule is [C-]#[N+]c1ccc2c(-c3ccc4c5c(ccnc35)CCO4)c(C(OC(C)(C)C)C(C)=O)c(C)c(F)c2c1. The zero-order valence-corrected chi connectivity index (χ0v) is 21.0. The first-order valence-corrected chi connectivity index (χ1v) is 12.0. The van der Waals surface area contributed by atoms with Crippen LogP contribution in [-0.4, -0.2) is 23.0 Å². The quantitative estimate of drug-likeness (QED) is 0.284.